The summed E-state index contributed by atoms with van der Waals surface area (Å²) in [6.07, 6.45) is 4.40. The van der Waals surface area contributed by atoms with Crippen LogP contribution in [0.25, 0.3) is 0 Å². The topological polar surface area (TPSA) is 15.3 Å². The lowest BCUT2D eigenvalue weighted by molar-refractivity contribution is 0.0403. The molecule has 1 heterocycles. The Morgan fingerprint density at radius 1 is 1.36 bits per heavy atom. The summed E-state index contributed by atoms with van der Waals surface area (Å²) in [5.74, 6) is 1.000. The van der Waals surface area contributed by atoms with Gasteiger partial charge in [-0.3, -0.25) is 4.90 Å². The van der Waals surface area contributed by atoms with Crippen LogP contribution in [0.4, 0.5) is 0 Å². The van der Waals surface area contributed by atoms with Crippen LogP contribution in [0, 0.1) is 5.92 Å². The van der Waals surface area contributed by atoms with Crippen molar-refractivity contribution in [3.8, 4) is 0 Å². The number of nitrogens with one attached hydrogen (secondary N) is 1. The van der Waals surface area contributed by atoms with Crippen LogP contribution in [-0.2, 0) is 0 Å². The Labute approximate surface area is 88.1 Å². The second-order valence-corrected chi connectivity index (χ2v) is 5.80. The van der Waals surface area contributed by atoms with E-state index >= 15 is 0 Å². The van der Waals surface area contributed by atoms with Crippen molar-refractivity contribution in [1.82, 2.24) is 10.2 Å². The molecule has 2 heteroatoms. The predicted octanol–water partition coefficient (Wildman–Crippen LogP) is 1.86. The predicted molar refractivity (Wildman–Crippen MR) is 60.5 cm³/mol. The Morgan fingerprint density at radius 2 is 2.07 bits per heavy atom. The fourth-order valence-electron chi connectivity index (χ4n) is 2.49. The Morgan fingerprint density at radius 3 is 2.64 bits per heavy atom. The van der Waals surface area contributed by atoms with E-state index in [1.807, 2.05) is 0 Å². The smallest absolute Gasteiger partial charge is 0.0278 e. The van der Waals surface area contributed by atoms with E-state index in [4.69, 9.17) is 0 Å². The summed E-state index contributed by atoms with van der Waals surface area (Å²) in [7, 11) is 0. The van der Waals surface area contributed by atoms with Crippen LogP contribution in [0.15, 0.2) is 0 Å². The zero-order valence-electron chi connectivity index (χ0n) is 9.84. The zero-order chi connectivity index (χ0) is 10.2. The minimum atomic E-state index is 0.363. The van der Waals surface area contributed by atoms with Gasteiger partial charge < -0.3 is 5.32 Å². The average Bonchev–Trinajstić information content (AvgIpc) is 2.03. The highest BCUT2D eigenvalue weighted by atomic mass is 15.3. The molecule has 0 radical (unpaired) electrons. The standard InChI is InChI=1S/C12H24N2/c1-10-7-14(8-11-5-4-6-11)12(2,3)9-13-10/h10-11,13H,4-9H2,1-3H3. The highest BCUT2D eigenvalue weighted by molar-refractivity contribution is 4.93. The monoisotopic (exact) mass is 196 g/mol. The van der Waals surface area contributed by atoms with Crippen molar-refractivity contribution in [2.24, 2.45) is 5.92 Å². The molecular weight excluding hydrogens is 172 g/mol. The van der Waals surface area contributed by atoms with Gasteiger partial charge in [-0.2, -0.15) is 0 Å². The number of nitrogens with zero attached hydrogens (tertiary/aromatic N) is 1. The molecule has 0 spiro atoms. The molecule has 2 fully saturated rings. The minimum Gasteiger partial charge on any atom is -0.311 e. The maximum Gasteiger partial charge on any atom is 0.0278 e. The fourth-order valence-corrected chi connectivity index (χ4v) is 2.49. The first-order chi connectivity index (χ1) is 6.58. The first-order valence-corrected chi connectivity index (χ1v) is 6.06. The van der Waals surface area contributed by atoms with Gasteiger partial charge in [0.05, 0.1) is 0 Å². The fraction of sp³-hybridized carbons (Fsp3) is 1.00. The van der Waals surface area contributed by atoms with E-state index in [-0.39, 0.29) is 0 Å². The van der Waals surface area contributed by atoms with Crippen molar-refractivity contribution in [3.05, 3.63) is 0 Å². The Bertz CT molecular complexity index is 196. The SMILES string of the molecule is CC1CN(CC2CCC2)C(C)(C)CN1. The van der Waals surface area contributed by atoms with Gasteiger partial charge in [-0.15, -0.1) is 0 Å². The Balaban J connectivity index is 1.91. The van der Waals surface area contributed by atoms with Gasteiger partial charge >= 0.3 is 0 Å². The number of piperazine rings is 1. The van der Waals surface area contributed by atoms with Crippen molar-refractivity contribution in [2.75, 3.05) is 19.6 Å². The lowest BCUT2D eigenvalue weighted by Gasteiger charge is -2.47. The molecule has 1 aliphatic heterocycles. The summed E-state index contributed by atoms with van der Waals surface area (Å²) < 4.78 is 0. The lowest BCUT2D eigenvalue weighted by Crippen LogP contribution is -2.62. The van der Waals surface area contributed by atoms with E-state index < -0.39 is 0 Å². The molecule has 0 aromatic heterocycles. The average molecular weight is 196 g/mol. The minimum absolute atomic E-state index is 0.363. The first kappa shape index (κ1) is 10.4. The molecule has 0 aromatic carbocycles. The second-order valence-electron chi connectivity index (χ2n) is 5.80. The van der Waals surface area contributed by atoms with E-state index in [2.05, 4.69) is 31.0 Å². The molecule has 0 aromatic rings. The van der Waals surface area contributed by atoms with Crippen LogP contribution in [-0.4, -0.2) is 36.1 Å². The van der Waals surface area contributed by atoms with Crippen molar-refractivity contribution in [2.45, 2.75) is 51.6 Å². The van der Waals surface area contributed by atoms with Gasteiger partial charge in [0.25, 0.3) is 0 Å². The summed E-state index contributed by atoms with van der Waals surface area (Å²) in [6, 6.07) is 0.670. The maximum absolute atomic E-state index is 3.57. The largest absolute Gasteiger partial charge is 0.311 e. The molecule has 1 unspecified atom stereocenters. The Hall–Kier alpha value is -0.0800. The van der Waals surface area contributed by atoms with E-state index in [0.717, 1.165) is 12.5 Å². The van der Waals surface area contributed by atoms with Crippen molar-refractivity contribution in [3.63, 3.8) is 0 Å². The van der Waals surface area contributed by atoms with Crippen LogP contribution < -0.4 is 5.32 Å². The lowest BCUT2D eigenvalue weighted by atomic mass is 9.83. The molecule has 2 nitrogen and oxygen atoms in total. The molecule has 2 rings (SSSR count). The third-order valence-electron chi connectivity index (χ3n) is 3.94. The number of rotatable bonds is 2. The van der Waals surface area contributed by atoms with E-state index in [0.29, 0.717) is 11.6 Å². The molecule has 1 atom stereocenters. The van der Waals surface area contributed by atoms with Crippen LogP contribution in [0.5, 0.6) is 0 Å². The molecule has 1 saturated heterocycles. The second kappa shape index (κ2) is 3.82. The summed E-state index contributed by atoms with van der Waals surface area (Å²) in [5, 5.41) is 3.57. The Kier molecular flexibility index (Phi) is 2.85. The molecule has 0 amide bonds. The van der Waals surface area contributed by atoms with E-state index in [1.165, 1.54) is 32.4 Å². The molecule has 1 N–H and O–H groups in total. The van der Waals surface area contributed by atoms with Crippen molar-refractivity contribution >= 4 is 0 Å². The highest BCUT2D eigenvalue weighted by Crippen LogP contribution is 2.30. The summed E-state index contributed by atoms with van der Waals surface area (Å²) in [6.45, 7) is 10.7. The molecule has 2 aliphatic rings. The molecule has 14 heavy (non-hydrogen) atoms. The van der Waals surface area contributed by atoms with E-state index in [1.54, 1.807) is 0 Å². The first-order valence-electron chi connectivity index (χ1n) is 6.06. The highest BCUT2D eigenvalue weighted by Gasteiger charge is 2.34. The summed E-state index contributed by atoms with van der Waals surface area (Å²) >= 11 is 0. The zero-order valence-corrected chi connectivity index (χ0v) is 9.84. The summed E-state index contributed by atoms with van der Waals surface area (Å²) in [4.78, 5) is 2.69. The number of hydrogen-bond donors (Lipinski definition) is 1. The number of hydrogen-bond acceptors (Lipinski definition) is 2. The van der Waals surface area contributed by atoms with Crippen molar-refractivity contribution in [1.29, 1.82) is 0 Å². The van der Waals surface area contributed by atoms with Gasteiger partial charge in [-0.25, -0.2) is 0 Å². The summed E-state index contributed by atoms with van der Waals surface area (Å²) in [5.41, 5.74) is 0.363. The quantitative estimate of drug-likeness (QED) is 0.725. The van der Waals surface area contributed by atoms with Crippen LogP contribution in [0.3, 0.4) is 0 Å². The molecule has 0 bridgehead atoms. The molecule has 82 valence electrons. The normalized spacial score (nSPS) is 34.1. The molecule has 1 saturated carbocycles. The van der Waals surface area contributed by atoms with Gasteiger partial charge in [0, 0.05) is 31.2 Å². The van der Waals surface area contributed by atoms with Crippen LogP contribution in [0.2, 0.25) is 0 Å². The van der Waals surface area contributed by atoms with Gasteiger partial charge in [0.2, 0.25) is 0 Å². The third-order valence-corrected chi connectivity index (χ3v) is 3.94. The van der Waals surface area contributed by atoms with Gasteiger partial charge in [0.1, 0.15) is 0 Å². The molecular formula is C12H24N2. The van der Waals surface area contributed by atoms with Crippen LogP contribution in [0.1, 0.15) is 40.0 Å². The maximum atomic E-state index is 3.57. The van der Waals surface area contributed by atoms with E-state index in [9.17, 15) is 0 Å². The van der Waals surface area contributed by atoms with Gasteiger partial charge in [-0.05, 0) is 39.5 Å². The van der Waals surface area contributed by atoms with Crippen molar-refractivity contribution < 1.29 is 0 Å². The molecule has 1 aliphatic carbocycles. The van der Waals surface area contributed by atoms with Crippen LogP contribution >= 0.6 is 0 Å². The third kappa shape index (κ3) is 2.12. The van der Waals surface area contributed by atoms with Gasteiger partial charge in [-0.1, -0.05) is 6.42 Å². The van der Waals surface area contributed by atoms with Gasteiger partial charge in [0.15, 0.2) is 0 Å².